The predicted molar refractivity (Wildman–Crippen MR) is 88.0 cm³/mol. The second-order valence-electron chi connectivity index (χ2n) is 6.06. The molecule has 124 valence electrons. The Balaban J connectivity index is 1.68. The largest absolute Gasteiger partial charge is 0.395 e. The Kier molecular flexibility index (Phi) is 4.95. The number of hydrogen-bond acceptors (Lipinski definition) is 4. The summed E-state index contributed by atoms with van der Waals surface area (Å²) in [4.78, 5) is 17.2. The molecule has 2 heterocycles. The number of nitrogens with one attached hydrogen (secondary N) is 2. The third kappa shape index (κ3) is 3.55. The molecule has 1 aromatic heterocycles. The van der Waals surface area contributed by atoms with Gasteiger partial charge >= 0.3 is 0 Å². The van der Waals surface area contributed by atoms with E-state index in [1.54, 1.807) is 0 Å². The molecule has 23 heavy (non-hydrogen) atoms. The molecule has 0 radical (unpaired) electrons. The van der Waals surface area contributed by atoms with Crippen LogP contribution in [0.5, 0.6) is 0 Å². The summed E-state index contributed by atoms with van der Waals surface area (Å²) in [5.41, 5.74) is 2.33. The fourth-order valence-corrected chi connectivity index (χ4v) is 3.35. The maximum Gasteiger partial charge on any atom is 0.246 e. The number of aliphatic hydroxyl groups excluding tert-OH is 1. The van der Waals surface area contributed by atoms with Crippen LogP contribution < -0.4 is 5.32 Å². The van der Waals surface area contributed by atoms with E-state index in [4.69, 9.17) is 4.74 Å². The highest BCUT2D eigenvalue weighted by molar-refractivity contribution is 5.83. The van der Waals surface area contributed by atoms with Crippen LogP contribution >= 0.6 is 0 Å². The highest BCUT2D eigenvalue weighted by Gasteiger charge is 2.32. The number of para-hydroxylation sites is 1. The Morgan fingerprint density at radius 3 is 3.09 bits per heavy atom. The van der Waals surface area contributed by atoms with Gasteiger partial charge in [-0.2, -0.15) is 0 Å². The van der Waals surface area contributed by atoms with Gasteiger partial charge in [-0.05, 0) is 18.1 Å². The lowest BCUT2D eigenvalue weighted by molar-refractivity contribution is -0.125. The molecule has 0 saturated carbocycles. The summed E-state index contributed by atoms with van der Waals surface area (Å²) >= 11 is 0. The summed E-state index contributed by atoms with van der Waals surface area (Å²) in [7, 11) is 1.51. The summed E-state index contributed by atoms with van der Waals surface area (Å²) in [5.74, 6) is -0.108. The minimum Gasteiger partial charge on any atom is -0.395 e. The second kappa shape index (κ2) is 7.12. The molecule has 2 atom stereocenters. The Morgan fingerprint density at radius 2 is 2.30 bits per heavy atom. The topological polar surface area (TPSA) is 77.6 Å². The molecule has 6 heteroatoms. The first-order chi connectivity index (χ1) is 11.2. The number of nitrogens with zero attached hydrogens (tertiary/aromatic N) is 1. The van der Waals surface area contributed by atoms with E-state index in [9.17, 15) is 9.90 Å². The summed E-state index contributed by atoms with van der Waals surface area (Å²) in [6.07, 6.45) is 2.78. The lowest BCUT2D eigenvalue weighted by Crippen LogP contribution is -2.38. The van der Waals surface area contributed by atoms with Gasteiger partial charge in [0.25, 0.3) is 0 Å². The van der Waals surface area contributed by atoms with E-state index >= 15 is 0 Å². The number of benzene rings is 1. The molecule has 3 N–H and O–H groups in total. The Labute approximate surface area is 135 Å². The SMILES string of the molecule is COCC(=O)N[C@H]1C[C@@H](CO)N(Cc2c[nH]c3ccccc23)C1. The molecule has 1 aliphatic heterocycles. The van der Waals surface area contributed by atoms with Crippen molar-refractivity contribution in [3.8, 4) is 0 Å². The fourth-order valence-electron chi connectivity index (χ4n) is 3.35. The number of rotatable bonds is 6. The van der Waals surface area contributed by atoms with Crippen molar-refractivity contribution in [3.63, 3.8) is 0 Å². The van der Waals surface area contributed by atoms with Gasteiger partial charge in [0.15, 0.2) is 0 Å². The van der Waals surface area contributed by atoms with E-state index in [1.165, 1.54) is 18.1 Å². The first-order valence-corrected chi connectivity index (χ1v) is 7.89. The Morgan fingerprint density at radius 1 is 1.48 bits per heavy atom. The maximum atomic E-state index is 11.7. The van der Waals surface area contributed by atoms with Crippen molar-refractivity contribution in [1.29, 1.82) is 0 Å². The van der Waals surface area contributed by atoms with Crippen molar-refractivity contribution in [1.82, 2.24) is 15.2 Å². The van der Waals surface area contributed by atoms with Crippen LogP contribution in [0.4, 0.5) is 0 Å². The van der Waals surface area contributed by atoms with Crippen LogP contribution in [0.25, 0.3) is 10.9 Å². The van der Waals surface area contributed by atoms with Crippen LogP contribution in [0.2, 0.25) is 0 Å². The third-order valence-corrected chi connectivity index (χ3v) is 4.43. The first kappa shape index (κ1) is 16.0. The van der Waals surface area contributed by atoms with Crippen LogP contribution in [-0.4, -0.2) is 59.8 Å². The second-order valence-corrected chi connectivity index (χ2v) is 6.06. The molecule has 0 unspecified atom stereocenters. The first-order valence-electron chi connectivity index (χ1n) is 7.89. The van der Waals surface area contributed by atoms with Crippen molar-refractivity contribution in [2.45, 2.75) is 25.0 Å². The van der Waals surface area contributed by atoms with Crippen LogP contribution in [0, 0.1) is 0 Å². The number of hydrogen-bond donors (Lipinski definition) is 3. The quantitative estimate of drug-likeness (QED) is 0.739. The van der Waals surface area contributed by atoms with Crippen LogP contribution in [0.15, 0.2) is 30.5 Å². The molecule has 1 amide bonds. The third-order valence-electron chi connectivity index (χ3n) is 4.43. The van der Waals surface area contributed by atoms with E-state index in [1.807, 2.05) is 18.3 Å². The Bertz CT molecular complexity index is 670. The van der Waals surface area contributed by atoms with E-state index in [2.05, 4.69) is 27.3 Å². The van der Waals surface area contributed by atoms with Crippen molar-refractivity contribution < 1.29 is 14.6 Å². The van der Waals surface area contributed by atoms with Crippen LogP contribution in [0.1, 0.15) is 12.0 Å². The number of aromatic amines is 1. The van der Waals surface area contributed by atoms with Gasteiger partial charge in [0, 0.05) is 49.4 Å². The summed E-state index contributed by atoms with van der Waals surface area (Å²) in [6.45, 7) is 1.66. The average Bonchev–Trinajstić information content (AvgIpc) is 3.12. The van der Waals surface area contributed by atoms with Gasteiger partial charge in [-0.3, -0.25) is 9.69 Å². The number of likely N-dealkylation sites (tertiary alicyclic amines) is 1. The summed E-state index contributed by atoms with van der Waals surface area (Å²) in [6, 6.07) is 8.32. The predicted octanol–water partition coefficient (Wildman–Crippen LogP) is 0.866. The number of carbonyl (C=O) groups excluding carboxylic acids is 1. The van der Waals surface area contributed by atoms with Gasteiger partial charge < -0.3 is 20.1 Å². The van der Waals surface area contributed by atoms with Crippen LogP contribution in [-0.2, 0) is 16.1 Å². The molecule has 0 bridgehead atoms. The standard InChI is InChI=1S/C17H23N3O3/c1-23-11-17(22)19-13-6-14(10-21)20(9-13)8-12-7-18-16-5-3-2-4-15(12)16/h2-5,7,13-14,18,21H,6,8-11H2,1H3,(H,19,22)/t13-,14-/m0/s1. The highest BCUT2D eigenvalue weighted by Crippen LogP contribution is 2.24. The molecular formula is C17H23N3O3. The number of methoxy groups -OCH3 is 1. The van der Waals surface area contributed by atoms with Crippen molar-refractivity contribution in [2.24, 2.45) is 0 Å². The number of ether oxygens (including phenoxy) is 1. The highest BCUT2D eigenvalue weighted by atomic mass is 16.5. The van der Waals surface area contributed by atoms with Crippen molar-refractivity contribution in [3.05, 3.63) is 36.0 Å². The molecule has 6 nitrogen and oxygen atoms in total. The van der Waals surface area contributed by atoms with Gasteiger partial charge in [-0.25, -0.2) is 0 Å². The molecule has 1 aliphatic rings. The number of carbonyl (C=O) groups is 1. The van der Waals surface area contributed by atoms with Crippen molar-refractivity contribution in [2.75, 3.05) is 26.9 Å². The van der Waals surface area contributed by atoms with E-state index < -0.39 is 0 Å². The summed E-state index contributed by atoms with van der Waals surface area (Å²) in [5, 5.41) is 13.8. The smallest absolute Gasteiger partial charge is 0.246 e. The molecule has 1 aromatic carbocycles. The van der Waals surface area contributed by atoms with Gasteiger partial charge in [0.1, 0.15) is 6.61 Å². The fraction of sp³-hybridized carbons (Fsp3) is 0.471. The molecule has 3 rings (SSSR count). The number of H-pyrrole nitrogens is 1. The van der Waals surface area contributed by atoms with Gasteiger partial charge in [0.2, 0.25) is 5.91 Å². The number of fused-ring (bicyclic) bond motifs is 1. The normalized spacial score (nSPS) is 21.8. The number of amides is 1. The average molecular weight is 317 g/mol. The lowest BCUT2D eigenvalue weighted by Gasteiger charge is -2.22. The molecular weight excluding hydrogens is 294 g/mol. The van der Waals surface area contributed by atoms with Crippen LogP contribution in [0.3, 0.4) is 0 Å². The maximum absolute atomic E-state index is 11.7. The molecule has 1 saturated heterocycles. The Hall–Kier alpha value is -1.89. The monoisotopic (exact) mass is 317 g/mol. The lowest BCUT2D eigenvalue weighted by atomic mass is 10.1. The van der Waals surface area contributed by atoms with E-state index in [0.717, 1.165) is 25.0 Å². The van der Waals surface area contributed by atoms with E-state index in [-0.39, 0.29) is 31.2 Å². The molecule has 1 fully saturated rings. The van der Waals surface area contributed by atoms with Crippen molar-refractivity contribution >= 4 is 16.8 Å². The molecule has 0 spiro atoms. The van der Waals surface area contributed by atoms with Gasteiger partial charge in [0.05, 0.1) is 6.61 Å². The van der Waals surface area contributed by atoms with Gasteiger partial charge in [-0.1, -0.05) is 18.2 Å². The molecule has 2 aromatic rings. The molecule has 0 aliphatic carbocycles. The zero-order valence-corrected chi connectivity index (χ0v) is 13.3. The van der Waals surface area contributed by atoms with Gasteiger partial charge in [-0.15, -0.1) is 0 Å². The minimum atomic E-state index is -0.108. The number of aliphatic hydroxyl groups is 1. The zero-order chi connectivity index (χ0) is 16.2. The number of aromatic nitrogens is 1. The van der Waals surface area contributed by atoms with E-state index in [0.29, 0.717) is 0 Å². The summed E-state index contributed by atoms with van der Waals surface area (Å²) < 4.78 is 4.85. The zero-order valence-electron chi connectivity index (χ0n) is 13.3. The minimum absolute atomic E-state index is 0.0556.